The topological polar surface area (TPSA) is 72.4 Å². The second-order valence-electron chi connectivity index (χ2n) is 5.81. The van der Waals surface area contributed by atoms with Crippen molar-refractivity contribution in [3.05, 3.63) is 17.5 Å². The van der Waals surface area contributed by atoms with Crippen molar-refractivity contribution in [1.82, 2.24) is 10.1 Å². The first kappa shape index (κ1) is 14.1. The second-order valence-corrected chi connectivity index (χ2v) is 5.81. The minimum Gasteiger partial charge on any atom is -0.360 e. The molecule has 0 spiro atoms. The zero-order valence-electron chi connectivity index (χ0n) is 11.9. The first-order valence-electron chi connectivity index (χ1n) is 6.96. The first-order chi connectivity index (χ1) is 8.99. The van der Waals surface area contributed by atoms with Crippen LogP contribution in [0.2, 0.25) is 0 Å². The molecule has 0 bridgehead atoms. The van der Waals surface area contributed by atoms with Crippen LogP contribution in [0.1, 0.15) is 55.3 Å². The third-order valence-electron chi connectivity index (χ3n) is 3.73. The molecule has 1 aromatic rings. The number of nitrogens with two attached hydrogens (primary N) is 1. The van der Waals surface area contributed by atoms with Crippen LogP contribution in [-0.4, -0.2) is 35.6 Å². The lowest BCUT2D eigenvalue weighted by molar-refractivity contribution is 0.0779. The number of hydrogen-bond acceptors (Lipinski definition) is 4. The van der Waals surface area contributed by atoms with E-state index in [0.717, 1.165) is 25.0 Å². The lowest BCUT2D eigenvalue weighted by atomic mass is 10.0. The van der Waals surface area contributed by atoms with Crippen molar-refractivity contribution >= 4 is 5.91 Å². The van der Waals surface area contributed by atoms with Crippen molar-refractivity contribution in [3.8, 4) is 0 Å². The zero-order chi connectivity index (χ0) is 14.0. The summed E-state index contributed by atoms with van der Waals surface area (Å²) in [6, 6.07) is 1.90. The number of carbonyl (C=O) groups excluding carboxylic acids is 1. The van der Waals surface area contributed by atoms with Crippen molar-refractivity contribution in [3.63, 3.8) is 0 Å². The number of amides is 1. The van der Waals surface area contributed by atoms with E-state index in [9.17, 15) is 4.79 Å². The summed E-state index contributed by atoms with van der Waals surface area (Å²) in [5, 5.41) is 3.86. The third kappa shape index (κ3) is 3.56. The summed E-state index contributed by atoms with van der Waals surface area (Å²) in [5.74, 6) is 1.66. The van der Waals surface area contributed by atoms with Gasteiger partial charge in [0.1, 0.15) is 5.76 Å². The van der Waals surface area contributed by atoms with Crippen LogP contribution in [0.4, 0.5) is 0 Å². The monoisotopic (exact) mass is 265 g/mol. The average molecular weight is 265 g/mol. The SMILES string of the molecule is CC(C)C(N)CCN(C)C(=O)c1cc(C2CC2)on1. The highest BCUT2D eigenvalue weighted by Crippen LogP contribution is 2.40. The number of carbonyl (C=O) groups is 1. The van der Waals surface area contributed by atoms with E-state index in [1.807, 2.05) is 0 Å². The minimum absolute atomic E-state index is 0.0911. The molecular formula is C14H23N3O2. The Bertz CT molecular complexity index is 438. The highest BCUT2D eigenvalue weighted by Gasteiger charge is 2.29. The van der Waals surface area contributed by atoms with Gasteiger partial charge in [-0.3, -0.25) is 4.79 Å². The maximum atomic E-state index is 12.1. The molecule has 5 nitrogen and oxygen atoms in total. The van der Waals surface area contributed by atoms with Crippen molar-refractivity contribution in [2.24, 2.45) is 11.7 Å². The summed E-state index contributed by atoms with van der Waals surface area (Å²) in [6.07, 6.45) is 3.08. The molecule has 106 valence electrons. The maximum Gasteiger partial charge on any atom is 0.275 e. The maximum absolute atomic E-state index is 12.1. The number of rotatable bonds is 6. The van der Waals surface area contributed by atoms with Gasteiger partial charge in [0.05, 0.1) is 0 Å². The predicted molar refractivity (Wildman–Crippen MR) is 72.9 cm³/mol. The van der Waals surface area contributed by atoms with Gasteiger partial charge in [-0.05, 0) is 25.2 Å². The van der Waals surface area contributed by atoms with Crippen molar-refractivity contribution in [2.75, 3.05) is 13.6 Å². The molecule has 1 aliphatic carbocycles. The van der Waals surface area contributed by atoms with E-state index in [0.29, 0.717) is 24.1 Å². The van der Waals surface area contributed by atoms with Gasteiger partial charge in [-0.15, -0.1) is 0 Å². The van der Waals surface area contributed by atoms with Crippen LogP contribution in [0, 0.1) is 5.92 Å². The standard InChI is InChI=1S/C14H23N3O2/c1-9(2)11(15)6-7-17(3)14(18)12-8-13(19-16-12)10-4-5-10/h8-11H,4-7,15H2,1-3H3. The lowest BCUT2D eigenvalue weighted by Gasteiger charge is -2.20. The minimum atomic E-state index is -0.0911. The first-order valence-corrected chi connectivity index (χ1v) is 6.96. The van der Waals surface area contributed by atoms with Crippen molar-refractivity contribution in [1.29, 1.82) is 0 Å². The summed E-state index contributed by atoms with van der Waals surface area (Å²) in [5.41, 5.74) is 6.39. The quantitative estimate of drug-likeness (QED) is 0.853. The fourth-order valence-electron chi connectivity index (χ4n) is 1.92. The van der Waals surface area contributed by atoms with Gasteiger partial charge >= 0.3 is 0 Å². The molecule has 1 saturated carbocycles. The van der Waals surface area contributed by atoms with Gasteiger partial charge in [-0.25, -0.2) is 0 Å². The summed E-state index contributed by atoms with van der Waals surface area (Å²) < 4.78 is 5.20. The molecule has 2 N–H and O–H groups in total. The summed E-state index contributed by atoms with van der Waals surface area (Å²) in [7, 11) is 1.78. The molecule has 0 radical (unpaired) electrons. The molecule has 2 rings (SSSR count). The number of hydrogen-bond donors (Lipinski definition) is 1. The highest BCUT2D eigenvalue weighted by molar-refractivity contribution is 5.92. The largest absolute Gasteiger partial charge is 0.360 e. The van der Waals surface area contributed by atoms with Gasteiger partial charge in [0.2, 0.25) is 0 Å². The Kier molecular flexibility index (Phi) is 4.24. The fraction of sp³-hybridized carbons (Fsp3) is 0.714. The van der Waals surface area contributed by atoms with Gasteiger partial charge in [0, 0.05) is 31.6 Å². The van der Waals surface area contributed by atoms with Crippen molar-refractivity contribution in [2.45, 2.75) is 45.1 Å². The van der Waals surface area contributed by atoms with Gasteiger partial charge in [-0.2, -0.15) is 0 Å². The van der Waals surface area contributed by atoms with Crippen LogP contribution in [0.5, 0.6) is 0 Å². The fourth-order valence-corrected chi connectivity index (χ4v) is 1.92. The smallest absolute Gasteiger partial charge is 0.275 e. The Hall–Kier alpha value is -1.36. The molecule has 0 aliphatic heterocycles. The van der Waals surface area contributed by atoms with Gasteiger partial charge in [0.15, 0.2) is 5.69 Å². The number of nitrogens with zero attached hydrogens (tertiary/aromatic N) is 2. The second kappa shape index (κ2) is 5.74. The molecule has 0 aromatic carbocycles. The molecule has 5 heteroatoms. The predicted octanol–water partition coefficient (Wildman–Crippen LogP) is 2.00. The lowest BCUT2D eigenvalue weighted by Crippen LogP contribution is -2.34. The zero-order valence-corrected chi connectivity index (χ0v) is 11.9. The molecular weight excluding hydrogens is 242 g/mol. The molecule has 1 amide bonds. The van der Waals surface area contributed by atoms with E-state index in [1.165, 1.54) is 0 Å². The normalized spacial score (nSPS) is 16.7. The van der Waals surface area contributed by atoms with Gasteiger partial charge < -0.3 is 15.2 Å². The molecule has 1 atom stereocenters. The molecule has 0 saturated heterocycles. The number of aromatic nitrogens is 1. The van der Waals surface area contributed by atoms with E-state index in [-0.39, 0.29) is 11.9 Å². The molecule has 19 heavy (non-hydrogen) atoms. The molecule has 1 heterocycles. The van der Waals surface area contributed by atoms with Crippen LogP contribution in [-0.2, 0) is 0 Å². The van der Waals surface area contributed by atoms with Crippen LogP contribution in [0.15, 0.2) is 10.6 Å². The molecule has 1 aromatic heterocycles. The summed E-state index contributed by atoms with van der Waals surface area (Å²) in [4.78, 5) is 13.8. The van der Waals surface area contributed by atoms with Gasteiger partial charge in [0.25, 0.3) is 5.91 Å². The average Bonchev–Trinajstić information content (AvgIpc) is 3.12. The highest BCUT2D eigenvalue weighted by atomic mass is 16.5. The van der Waals surface area contributed by atoms with Crippen LogP contribution in [0.25, 0.3) is 0 Å². The third-order valence-corrected chi connectivity index (χ3v) is 3.73. The Labute approximate surface area is 114 Å². The van der Waals surface area contributed by atoms with E-state index in [1.54, 1.807) is 18.0 Å². The Morgan fingerprint density at radius 2 is 2.26 bits per heavy atom. The van der Waals surface area contributed by atoms with E-state index >= 15 is 0 Å². The molecule has 1 aliphatic rings. The Balaban J connectivity index is 1.87. The Morgan fingerprint density at radius 1 is 1.58 bits per heavy atom. The molecule has 1 unspecified atom stereocenters. The molecule has 1 fully saturated rings. The van der Waals surface area contributed by atoms with Crippen LogP contribution >= 0.6 is 0 Å². The summed E-state index contributed by atoms with van der Waals surface area (Å²) >= 11 is 0. The van der Waals surface area contributed by atoms with E-state index in [2.05, 4.69) is 19.0 Å². The van der Waals surface area contributed by atoms with Crippen LogP contribution < -0.4 is 5.73 Å². The summed E-state index contributed by atoms with van der Waals surface area (Å²) in [6.45, 7) is 4.82. The van der Waals surface area contributed by atoms with Gasteiger partial charge in [-0.1, -0.05) is 19.0 Å². The Morgan fingerprint density at radius 3 is 2.84 bits per heavy atom. The van der Waals surface area contributed by atoms with Crippen molar-refractivity contribution < 1.29 is 9.32 Å². The van der Waals surface area contributed by atoms with Crippen LogP contribution in [0.3, 0.4) is 0 Å². The van der Waals surface area contributed by atoms with E-state index < -0.39 is 0 Å². The van der Waals surface area contributed by atoms with E-state index in [4.69, 9.17) is 10.3 Å².